The maximum Gasteiger partial charge on any atom is 0.243 e. The summed E-state index contributed by atoms with van der Waals surface area (Å²) in [4.78, 5) is 24.7. The van der Waals surface area contributed by atoms with Crippen LogP contribution in [0.2, 0.25) is 0 Å². The van der Waals surface area contributed by atoms with Crippen molar-refractivity contribution in [2.75, 3.05) is 18.4 Å². The molecule has 0 heterocycles. The molecule has 0 fully saturated rings. The molecule has 31 heavy (non-hydrogen) atoms. The second-order valence-corrected chi connectivity index (χ2v) is 7.73. The lowest BCUT2D eigenvalue weighted by atomic mass is 9.98. The predicted molar refractivity (Wildman–Crippen MR) is 125 cm³/mol. The van der Waals surface area contributed by atoms with Gasteiger partial charge in [0, 0.05) is 5.69 Å². The summed E-state index contributed by atoms with van der Waals surface area (Å²) in [6.45, 7) is 5.96. The molecule has 0 saturated heterocycles. The largest absolute Gasteiger partial charge is 0.346 e. The van der Waals surface area contributed by atoms with Crippen molar-refractivity contribution in [2.24, 2.45) is 0 Å². The molecule has 0 aliphatic carbocycles. The monoisotopic (exact) mass is 415 g/mol. The summed E-state index contributed by atoms with van der Waals surface area (Å²) >= 11 is 0. The molecule has 3 rings (SSSR count). The highest BCUT2D eigenvalue weighted by Gasteiger charge is 2.15. The van der Waals surface area contributed by atoms with Crippen LogP contribution < -0.4 is 16.0 Å². The lowest BCUT2D eigenvalue weighted by molar-refractivity contribution is -0.123. The molecule has 2 amide bonds. The van der Waals surface area contributed by atoms with Gasteiger partial charge in [-0.3, -0.25) is 14.9 Å². The van der Waals surface area contributed by atoms with E-state index in [4.69, 9.17) is 0 Å². The Labute approximate surface area is 183 Å². The fourth-order valence-corrected chi connectivity index (χ4v) is 3.46. The molecule has 0 aromatic heterocycles. The van der Waals surface area contributed by atoms with Crippen LogP contribution in [0.15, 0.2) is 72.8 Å². The van der Waals surface area contributed by atoms with E-state index >= 15 is 0 Å². The van der Waals surface area contributed by atoms with Gasteiger partial charge in [0.15, 0.2) is 0 Å². The number of aryl methyl sites for hydroxylation is 3. The zero-order valence-electron chi connectivity index (χ0n) is 18.2. The molecule has 5 nitrogen and oxygen atoms in total. The fourth-order valence-electron chi connectivity index (χ4n) is 3.46. The van der Waals surface area contributed by atoms with Crippen molar-refractivity contribution in [2.45, 2.75) is 26.8 Å². The highest BCUT2D eigenvalue weighted by molar-refractivity contribution is 5.95. The highest BCUT2D eigenvalue weighted by Crippen LogP contribution is 2.22. The Hall–Kier alpha value is -3.44. The van der Waals surface area contributed by atoms with Gasteiger partial charge in [-0.2, -0.15) is 0 Å². The van der Waals surface area contributed by atoms with Gasteiger partial charge in [-0.05, 0) is 43.0 Å². The zero-order valence-corrected chi connectivity index (χ0v) is 18.2. The molecular weight excluding hydrogens is 386 g/mol. The minimum Gasteiger partial charge on any atom is -0.346 e. The van der Waals surface area contributed by atoms with Crippen molar-refractivity contribution in [3.8, 4) is 0 Å². The molecule has 3 aromatic carbocycles. The molecule has 3 aromatic rings. The maximum atomic E-state index is 12.4. The number of nitrogens with one attached hydrogen (secondary N) is 3. The third kappa shape index (κ3) is 6.27. The average molecular weight is 416 g/mol. The topological polar surface area (TPSA) is 70.2 Å². The Bertz CT molecular complexity index is 1010. The SMILES string of the molecule is Cc1ccc([C@H](NCC(=O)NCC(=O)Nc2c(C)cccc2C)c2ccccc2)cc1. The van der Waals surface area contributed by atoms with Gasteiger partial charge in [0.2, 0.25) is 11.8 Å². The predicted octanol–water partition coefficient (Wildman–Crippen LogP) is 4.05. The van der Waals surface area contributed by atoms with E-state index in [1.165, 1.54) is 5.56 Å². The third-order valence-electron chi connectivity index (χ3n) is 5.20. The molecule has 0 unspecified atom stereocenters. The molecule has 0 saturated carbocycles. The molecule has 1 atom stereocenters. The maximum absolute atomic E-state index is 12.4. The summed E-state index contributed by atoms with van der Waals surface area (Å²) in [5, 5.41) is 8.90. The Morgan fingerprint density at radius 2 is 1.32 bits per heavy atom. The van der Waals surface area contributed by atoms with Gasteiger partial charge in [0.05, 0.1) is 19.1 Å². The van der Waals surface area contributed by atoms with Crippen LogP contribution in [-0.2, 0) is 9.59 Å². The first-order valence-electron chi connectivity index (χ1n) is 10.4. The summed E-state index contributed by atoms with van der Waals surface area (Å²) in [5.41, 5.74) is 6.12. The van der Waals surface area contributed by atoms with E-state index in [2.05, 4.69) is 40.2 Å². The molecule has 0 spiro atoms. The number of para-hydroxylation sites is 1. The molecule has 0 radical (unpaired) electrons. The van der Waals surface area contributed by atoms with E-state index in [0.717, 1.165) is 27.9 Å². The number of rotatable bonds is 8. The van der Waals surface area contributed by atoms with Crippen LogP contribution in [0.5, 0.6) is 0 Å². The smallest absolute Gasteiger partial charge is 0.243 e. The number of hydrogen-bond acceptors (Lipinski definition) is 3. The molecular formula is C26H29N3O2. The first-order chi connectivity index (χ1) is 14.9. The van der Waals surface area contributed by atoms with Gasteiger partial charge in [-0.15, -0.1) is 0 Å². The number of carbonyl (C=O) groups is 2. The van der Waals surface area contributed by atoms with E-state index in [0.29, 0.717) is 0 Å². The normalized spacial score (nSPS) is 11.6. The molecule has 0 aliphatic heterocycles. The third-order valence-corrected chi connectivity index (χ3v) is 5.20. The minimum atomic E-state index is -0.246. The first-order valence-corrected chi connectivity index (χ1v) is 10.4. The van der Waals surface area contributed by atoms with Crippen molar-refractivity contribution in [1.29, 1.82) is 0 Å². The zero-order chi connectivity index (χ0) is 22.2. The molecule has 0 bridgehead atoms. The van der Waals surface area contributed by atoms with Gasteiger partial charge in [0.25, 0.3) is 0 Å². The summed E-state index contributed by atoms with van der Waals surface area (Å²) < 4.78 is 0. The number of carbonyl (C=O) groups excluding carboxylic acids is 2. The second-order valence-electron chi connectivity index (χ2n) is 7.73. The minimum absolute atomic E-state index is 0.0746. The first kappa shape index (κ1) is 22.2. The summed E-state index contributed by atoms with van der Waals surface area (Å²) in [6, 6.07) is 24.0. The van der Waals surface area contributed by atoms with Crippen LogP contribution in [0.25, 0.3) is 0 Å². The summed E-state index contributed by atoms with van der Waals surface area (Å²) in [5.74, 6) is -0.478. The number of amides is 2. The highest BCUT2D eigenvalue weighted by atomic mass is 16.2. The van der Waals surface area contributed by atoms with E-state index < -0.39 is 0 Å². The van der Waals surface area contributed by atoms with Gasteiger partial charge >= 0.3 is 0 Å². The van der Waals surface area contributed by atoms with E-state index in [9.17, 15) is 9.59 Å². The summed E-state index contributed by atoms with van der Waals surface area (Å²) in [6.07, 6.45) is 0. The molecule has 5 heteroatoms. The van der Waals surface area contributed by atoms with Gasteiger partial charge in [-0.1, -0.05) is 78.4 Å². The Morgan fingerprint density at radius 1 is 0.710 bits per heavy atom. The molecule has 160 valence electrons. The van der Waals surface area contributed by atoms with Crippen molar-refractivity contribution in [1.82, 2.24) is 10.6 Å². The lowest BCUT2D eigenvalue weighted by Gasteiger charge is -2.20. The quantitative estimate of drug-likeness (QED) is 0.520. The van der Waals surface area contributed by atoms with Crippen molar-refractivity contribution in [3.63, 3.8) is 0 Å². The Balaban J connectivity index is 1.57. The van der Waals surface area contributed by atoms with E-state index in [1.807, 2.05) is 69.3 Å². The van der Waals surface area contributed by atoms with Crippen LogP contribution >= 0.6 is 0 Å². The van der Waals surface area contributed by atoms with Crippen LogP contribution in [0.3, 0.4) is 0 Å². The van der Waals surface area contributed by atoms with Crippen molar-refractivity contribution >= 4 is 17.5 Å². The Morgan fingerprint density at radius 3 is 1.97 bits per heavy atom. The second kappa shape index (κ2) is 10.5. The number of anilines is 1. The molecule has 0 aliphatic rings. The average Bonchev–Trinajstić information content (AvgIpc) is 2.77. The van der Waals surface area contributed by atoms with Crippen molar-refractivity contribution in [3.05, 3.63) is 101 Å². The van der Waals surface area contributed by atoms with E-state index in [-0.39, 0.29) is 30.9 Å². The molecule has 3 N–H and O–H groups in total. The standard InChI is InChI=1S/C26H29N3O2/c1-18-12-14-22(15-13-18)26(21-10-5-4-6-11-21)28-16-23(30)27-17-24(31)29-25-19(2)8-7-9-20(25)3/h4-15,26,28H,16-17H2,1-3H3,(H,27,30)(H,29,31)/t26-/m1/s1. The number of hydrogen-bond donors (Lipinski definition) is 3. The van der Waals surface area contributed by atoms with Crippen LogP contribution in [0.1, 0.15) is 33.9 Å². The van der Waals surface area contributed by atoms with Gasteiger partial charge < -0.3 is 10.6 Å². The fraction of sp³-hybridized carbons (Fsp3) is 0.231. The van der Waals surface area contributed by atoms with Crippen LogP contribution in [0, 0.1) is 20.8 Å². The van der Waals surface area contributed by atoms with Gasteiger partial charge in [-0.25, -0.2) is 0 Å². The number of benzene rings is 3. The van der Waals surface area contributed by atoms with Gasteiger partial charge in [0.1, 0.15) is 0 Å². The Kier molecular flexibility index (Phi) is 7.57. The van der Waals surface area contributed by atoms with E-state index in [1.54, 1.807) is 0 Å². The van der Waals surface area contributed by atoms with Crippen molar-refractivity contribution < 1.29 is 9.59 Å². The van der Waals surface area contributed by atoms with Crippen LogP contribution in [-0.4, -0.2) is 24.9 Å². The summed E-state index contributed by atoms with van der Waals surface area (Å²) in [7, 11) is 0. The lowest BCUT2D eigenvalue weighted by Crippen LogP contribution is -2.39. The van der Waals surface area contributed by atoms with Crippen LogP contribution in [0.4, 0.5) is 5.69 Å².